The fourth-order valence-electron chi connectivity index (χ4n) is 0.766. The van der Waals surface area contributed by atoms with E-state index in [9.17, 15) is 0 Å². The van der Waals surface area contributed by atoms with E-state index in [0.717, 1.165) is 11.1 Å². The molecule has 1 unspecified atom stereocenters. The van der Waals surface area contributed by atoms with Gasteiger partial charge < -0.3 is 21.6 Å². The highest BCUT2D eigenvalue weighted by Gasteiger charge is 2.24. The minimum absolute atomic E-state index is 0. The summed E-state index contributed by atoms with van der Waals surface area (Å²) < 4.78 is 6.15. The Morgan fingerprint density at radius 3 is 2.20 bits per heavy atom. The van der Waals surface area contributed by atoms with Crippen molar-refractivity contribution in [2.45, 2.75) is 12.5 Å². The summed E-state index contributed by atoms with van der Waals surface area (Å²) >= 11 is 0. The van der Waals surface area contributed by atoms with Gasteiger partial charge in [-0.1, -0.05) is 0 Å². The average molecular weight is 166 g/mol. The molecule has 0 aromatic rings. The van der Waals surface area contributed by atoms with Crippen LogP contribution in [0.15, 0.2) is 0 Å². The second-order valence-electron chi connectivity index (χ2n) is 3.76. The van der Waals surface area contributed by atoms with Crippen LogP contribution in [-0.4, -0.2) is 44.9 Å². The van der Waals surface area contributed by atoms with Crippen LogP contribution in [0.3, 0.4) is 0 Å². The first-order valence-corrected chi connectivity index (χ1v) is 3.50. The van der Waals surface area contributed by atoms with Crippen LogP contribution in [0.4, 0.5) is 0 Å². The lowest BCUT2D eigenvalue weighted by atomic mass is 10.3. The molecule has 1 saturated heterocycles. The number of rotatable bonds is 3. The van der Waals surface area contributed by atoms with E-state index in [0.29, 0.717) is 6.10 Å². The lowest BCUT2D eigenvalue weighted by Gasteiger charge is -2.23. The van der Waals surface area contributed by atoms with Crippen LogP contribution in [0.1, 0.15) is 6.42 Å². The molecule has 0 radical (unpaired) electrons. The van der Waals surface area contributed by atoms with Gasteiger partial charge in [0.15, 0.2) is 0 Å². The molecule has 1 heterocycles. The first-order chi connectivity index (χ1) is 4.08. The molecular weight excluding hydrogens is 150 g/mol. The number of ether oxygens (including phenoxy) is 1. The third kappa shape index (κ3) is 5.03. The standard InChI is InChI=1S/C7H16NO.ClH/c1-8(2,3)5-4-7-6-9-7;/h7H,4-6H2,1-3H3;1H/q+1;/p-1. The third-order valence-corrected chi connectivity index (χ3v) is 1.52. The predicted molar refractivity (Wildman–Crippen MR) is 37.3 cm³/mol. The van der Waals surface area contributed by atoms with Gasteiger partial charge in [-0.05, 0) is 0 Å². The highest BCUT2D eigenvalue weighted by atomic mass is 35.5. The summed E-state index contributed by atoms with van der Waals surface area (Å²) in [6.45, 7) is 2.23. The number of epoxide rings is 1. The summed E-state index contributed by atoms with van der Waals surface area (Å²) in [5.74, 6) is 0. The van der Waals surface area contributed by atoms with Crippen molar-refractivity contribution < 1.29 is 21.6 Å². The SMILES string of the molecule is C[N+](C)(C)CCC1CO1.[Cl-]. The van der Waals surface area contributed by atoms with Gasteiger partial charge in [0.05, 0.1) is 40.4 Å². The van der Waals surface area contributed by atoms with Gasteiger partial charge >= 0.3 is 0 Å². The summed E-state index contributed by atoms with van der Waals surface area (Å²) in [7, 11) is 6.63. The molecule has 0 aromatic carbocycles. The molecule has 0 amide bonds. The molecule has 0 aromatic heterocycles. The van der Waals surface area contributed by atoms with Crippen molar-refractivity contribution in [3.05, 3.63) is 0 Å². The molecule has 1 aliphatic heterocycles. The molecular formula is C7H16ClNO. The number of nitrogens with zero attached hydrogens (tertiary/aromatic N) is 1. The highest BCUT2D eigenvalue weighted by molar-refractivity contribution is 4.67. The minimum Gasteiger partial charge on any atom is -1.00 e. The van der Waals surface area contributed by atoms with E-state index in [1.54, 1.807) is 0 Å². The maximum atomic E-state index is 5.09. The van der Waals surface area contributed by atoms with Crippen LogP contribution in [-0.2, 0) is 4.74 Å². The second-order valence-corrected chi connectivity index (χ2v) is 3.76. The number of quaternary nitrogens is 1. The zero-order chi connectivity index (χ0) is 6.91. The van der Waals surface area contributed by atoms with E-state index < -0.39 is 0 Å². The topological polar surface area (TPSA) is 12.5 Å². The van der Waals surface area contributed by atoms with Crippen LogP contribution in [0, 0.1) is 0 Å². The van der Waals surface area contributed by atoms with Gasteiger partial charge in [0, 0.05) is 6.42 Å². The Hall–Kier alpha value is 0.210. The van der Waals surface area contributed by atoms with Crippen LogP contribution < -0.4 is 12.4 Å². The van der Waals surface area contributed by atoms with E-state index in [2.05, 4.69) is 21.1 Å². The first-order valence-electron chi connectivity index (χ1n) is 3.50. The number of hydrogen-bond donors (Lipinski definition) is 0. The van der Waals surface area contributed by atoms with Gasteiger partial charge in [-0.25, -0.2) is 0 Å². The van der Waals surface area contributed by atoms with Gasteiger partial charge in [-0.2, -0.15) is 0 Å². The van der Waals surface area contributed by atoms with Crippen molar-refractivity contribution in [1.82, 2.24) is 0 Å². The summed E-state index contributed by atoms with van der Waals surface area (Å²) in [5, 5.41) is 0. The van der Waals surface area contributed by atoms with Crippen molar-refractivity contribution >= 4 is 0 Å². The zero-order valence-corrected chi connectivity index (χ0v) is 7.69. The van der Waals surface area contributed by atoms with Crippen LogP contribution in [0.2, 0.25) is 0 Å². The fourth-order valence-corrected chi connectivity index (χ4v) is 0.766. The van der Waals surface area contributed by atoms with Crippen molar-refractivity contribution in [1.29, 1.82) is 0 Å². The predicted octanol–water partition coefficient (Wildman–Crippen LogP) is -2.51. The Morgan fingerprint density at radius 1 is 1.40 bits per heavy atom. The Morgan fingerprint density at radius 2 is 1.90 bits per heavy atom. The molecule has 1 rings (SSSR count). The molecule has 1 atom stereocenters. The Balaban J connectivity index is 0.000000810. The number of hydrogen-bond acceptors (Lipinski definition) is 1. The summed E-state index contributed by atoms with van der Waals surface area (Å²) in [5.41, 5.74) is 0. The Bertz CT molecular complexity index is 96.3. The minimum atomic E-state index is 0. The van der Waals surface area contributed by atoms with Gasteiger partial charge in [-0.3, -0.25) is 0 Å². The van der Waals surface area contributed by atoms with Crippen LogP contribution in [0.5, 0.6) is 0 Å². The van der Waals surface area contributed by atoms with Crippen LogP contribution in [0.25, 0.3) is 0 Å². The molecule has 0 saturated carbocycles. The van der Waals surface area contributed by atoms with E-state index >= 15 is 0 Å². The molecule has 0 aliphatic carbocycles. The highest BCUT2D eigenvalue weighted by Crippen LogP contribution is 2.14. The maximum absolute atomic E-state index is 5.09. The lowest BCUT2D eigenvalue weighted by molar-refractivity contribution is -0.870. The zero-order valence-electron chi connectivity index (χ0n) is 6.93. The van der Waals surface area contributed by atoms with Gasteiger partial charge in [0.1, 0.15) is 0 Å². The van der Waals surface area contributed by atoms with Crippen LogP contribution >= 0.6 is 0 Å². The van der Waals surface area contributed by atoms with Crippen molar-refractivity contribution in [3.63, 3.8) is 0 Å². The molecule has 62 valence electrons. The van der Waals surface area contributed by atoms with Crippen molar-refractivity contribution in [3.8, 4) is 0 Å². The normalized spacial score (nSPS) is 23.7. The van der Waals surface area contributed by atoms with E-state index in [1.807, 2.05) is 0 Å². The maximum Gasteiger partial charge on any atom is 0.0863 e. The van der Waals surface area contributed by atoms with Gasteiger partial charge in [0.2, 0.25) is 0 Å². The van der Waals surface area contributed by atoms with Crippen molar-refractivity contribution in [2.24, 2.45) is 0 Å². The quantitative estimate of drug-likeness (QED) is 0.333. The fraction of sp³-hybridized carbons (Fsp3) is 1.00. The monoisotopic (exact) mass is 165 g/mol. The molecule has 0 spiro atoms. The van der Waals surface area contributed by atoms with E-state index in [-0.39, 0.29) is 12.4 Å². The molecule has 2 nitrogen and oxygen atoms in total. The molecule has 10 heavy (non-hydrogen) atoms. The molecule has 0 N–H and O–H groups in total. The first kappa shape index (κ1) is 10.2. The smallest absolute Gasteiger partial charge is 0.0863 e. The van der Waals surface area contributed by atoms with Crippen molar-refractivity contribution in [2.75, 3.05) is 34.3 Å². The van der Waals surface area contributed by atoms with E-state index in [1.165, 1.54) is 13.0 Å². The molecule has 3 heteroatoms. The lowest BCUT2D eigenvalue weighted by Crippen LogP contribution is -3.00. The average Bonchev–Trinajstić information content (AvgIpc) is 2.38. The van der Waals surface area contributed by atoms with Gasteiger partial charge in [-0.15, -0.1) is 0 Å². The summed E-state index contributed by atoms with van der Waals surface area (Å²) in [6, 6.07) is 0. The molecule has 1 aliphatic rings. The largest absolute Gasteiger partial charge is 1.00 e. The Labute approximate surface area is 69.2 Å². The Kier molecular flexibility index (Phi) is 3.63. The second kappa shape index (κ2) is 3.56. The van der Waals surface area contributed by atoms with E-state index in [4.69, 9.17) is 4.74 Å². The third-order valence-electron chi connectivity index (χ3n) is 1.52. The molecule has 1 fully saturated rings. The molecule has 0 bridgehead atoms. The summed E-state index contributed by atoms with van der Waals surface area (Å²) in [4.78, 5) is 0. The van der Waals surface area contributed by atoms with Gasteiger partial charge in [0.25, 0.3) is 0 Å². The summed E-state index contributed by atoms with van der Waals surface area (Å²) in [6.07, 6.45) is 1.83. The number of halogens is 1.